The van der Waals surface area contributed by atoms with Crippen LogP contribution in [0.5, 0.6) is 0 Å². The van der Waals surface area contributed by atoms with Gasteiger partial charge in [-0.25, -0.2) is 0 Å². The molecule has 1 aliphatic heterocycles. The van der Waals surface area contributed by atoms with Crippen LogP contribution < -0.4 is 0 Å². The molecule has 1 fully saturated rings. The summed E-state index contributed by atoms with van der Waals surface area (Å²) >= 11 is 0. The predicted octanol–water partition coefficient (Wildman–Crippen LogP) is 2.64. The van der Waals surface area contributed by atoms with Crippen LogP contribution in [0.2, 0.25) is 0 Å². The van der Waals surface area contributed by atoms with Gasteiger partial charge in [-0.05, 0) is 0 Å². The summed E-state index contributed by atoms with van der Waals surface area (Å²) in [5.41, 5.74) is -0.507. The molecule has 2 atom stereocenters. The summed E-state index contributed by atoms with van der Waals surface area (Å²) in [5.74, 6) is 1.23. The van der Waals surface area contributed by atoms with Crippen LogP contribution in [0, 0.1) is 11.8 Å². The fourth-order valence-corrected chi connectivity index (χ4v) is 2.19. The quantitative estimate of drug-likeness (QED) is 0.656. The number of rotatable bonds is 7. The molecule has 0 amide bonds. The molecule has 1 heterocycles. The Bertz CT molecular complexity index is 253. The third-order valence-corrected chi connectivity index (χ3v) is 3.18. The summed E-state index contributed by atoms with van der Waals surface area (Å²) in [6.45, 7) is 8.68. The van der Waals surface area contributed by atoms with E-state index in [1.807, 2.05) is 13.8 Å². The van der Waals surface area contributed by atoms with E-state index in [1.54, 1.807) is 7.11 Å². The zero-order valence-corrected chi connectivity index (χ0v) is 12.1. The molecule has 0 radical (unpaired) electrons. The number of ether oxygens (including phenoxy) is 2. The van der Waals surface area contributed by atoms with Crippen LogP contribution >= 0.6 is 0 Å². The van der Waals surface area contributed by atoms with Crippen molar-refractivity contribution in [3.63, 3.8) is 0 Å². The van der Waals surface area contributed by atoms with Crippen LogP contribution in [0.4, 0.5) is 0 Å². The molecule has 2 unspecified atom stereocenters. The molecule has 0 bridgehead atoms. The van der Waals surface area contributed by atoms with Crippen molar-refractivity contribution >= 4 is 7.27 Å². The van der Waals surface area contributed by atoms with E-state index in [0.717, 1.165) is 19.8 Å². The van der Waals surface area contributed by atoms with Gasteiger partial charge in [-0.15, -0.1) is 0 Å². The van der Waals surface area contributed by atoms with Crippen molar-refractivity contribution in [2.24, 2.45) is 16.7 Å². The first-order valence-corrected chi connectivity index (χ1v) is 6.81. The van der Waals surface area contributed by atoms with E-state index in [0.29, 0.717) is 11.8 Å². The maximum atomic E-state index is 5.82. The second kappa shape index (κ2) is 7.90. The summed E-state index contributed by atoms with van der Waals surface area (Å²) in [5, 5.41) is 0. The van der Waals surface area contributed by atoms with Crippen LogP contribution in [-0.2, 0) is 14.1 Å². The van der Waals surface area contributed by atoms with Crippen LogP contribution in [0.1, 0.15) is 40.0 Å². The van der Waals surface area contributed by atoms with E-state index >= 15 is 0 Å². The van der Waals surface area contributed by atoms with Crippen LogP contribution in [0.25, 0.3) is 0 Å². The number of nitrogens with zero attached hydrogens (tertiary/aromatic N) is 1. The van der Waals surface area contributed by atoms with E-state index in [-0.39, 0.29) is 0 Å². The molecule has 5 heteroatoms. The van der Waals surface area contributed by atoms with E-state index in [1.165, 1.54) is 26.5 Å². The first-order valence-electron chi connectivity index (χ1n) is 6.81. The molecule has 1 aliphatic rings. The van der Waals surface area contributed by atoms with E-state index in [2.05, 4.69) is 11.8 Å². The van der Waals surface area contributed by atoms with Crippen molar-refractivity contribution < 1.29 is 14.1 Å². The first kappa shape index (κ1) is 15.6. The molecule has 104 valence electrons. The molecule has 1 saturated heterocycles. The van der Waals surface area contributed by atoms with Crippen LogP contribution in [0.15, 0.2) is 4.90 Å². The monoisotopic (exact) mass is 255 g/mol. The summed E-state index contributed by atoms with van der Waals surface area (Å²) < 4.78 is 16.1. The van der Waals surface area contributed by atoms with Gasteiger partial charge in [0.25, 0.3) is 0 Å². The van der Waals surface area contributed by atoms with Crippen molar-refractivity contribution in [1.29, 1.82) is 0 Å². The van der Waals surface area contributed by atoms with Gasteiger partial charge in [0, 0.05) is 0 Å². The molecular weight excluding hydrogens is 229 g/mol. The average Bonchev–Trinajstić information content (AvgIpc) is 2.36. The van der Waals surface area contributed by atoms with Crippen molar-refractivity contribution in [3.8, 4) is 0 Å². The molecule has 0 aliphatic carbocycles. The Morgan fingerprint density at radius 3 is 2.89 bits per heavy atom. The third kappa shape index (κ3) is 6.50. The molecular formula is C13H26BNO3. The van der Waals surface area contributed by atoms with Crippen molar-refractivity contribution in [1.82, 2.24) is 0 Å². The Balaban J connectivity index is 2.22. The van der Waals surface area contributed by atoms with E-state index in [9.17, 15) is 0 Å². The molecule has 4 nitrogen and oxygen atoms in total. The topological polar surface area (TPSA) is 40.0 Å². The third-order valence-electron chi connectivity index (χ3n) is 3.18. The zero-order chi connectivity index (χ0) is 13.4. The van der Waals surface area contributed by atoms with Crippen molar-refractivity contribution in [2.75, 3.05) is 26.9 Å². The second-order valence-electron chi connectivity index (χ2n) is 5.65. The molecule has 0 aromatic carbocycles. The average molecular weight is 255 g/mol. The Labute approximate surface area is 111 Å². The SMILES string of the molecule is COB=NC(C)(C)OCC(C)CC1CCCOC1. The molecule has 18 heavy (non-hydrogen) atoms. The first-order chi connectivity index (χ1) is 8.53. The predicted molar refractivity (Wildman–Crippen MR) is 72.5 cm³/mol. The Morgan fingerprint density at radius 2 is 2.28 bits per heavy atom. The number of hydrogen-bond acceptors (Lipinski definition) is 4. The fraction of sp³-hybridized carbons (Fsp3) is 1.00. The summed E-state index contributed by atoms with van der Waals surface area (Å²) in [6, 6.07) is 0. The van der Waals surface area contributed by atoms with Gasteiger partial charge in [0.15, 0.2) is 0 Å². The van der Waals surface area contributed by atoms with Gasteiger partial charge in [-0.1, -0.05) is 0 Å². The summed E-state index contributed by atoms with van der Waals surface area (Å²) in [6.07, 6.45) is 3.65. The van der Waals surface area contributed by atoms with Gasteiger partial charge in [-0.2, -0.15) is 0 Å². The minimum atomic E-state index is -0.507. The summed E-state index contributed by atoms with van der Waals surface area (Å²) in [7, 11) is 3.02. The van der Waals surface area contributed by atoms with E-state index in [4.69, 9.17) is 14.1 Å². The molecule has 0 N–H and O–H groups in total. The Hall–Kier alpha value is -0.415. The minimum absolute atomic E-state index is 0.507. The van der Waals surface area contributed by atoms with Crippen LogP contribution in [0.3, 0.4) is 0 Å². The standard InChI is InChI=1S/C13H26BNO3/c1-11(8-12-6-5-7-17-10-12)9-18-13(2,3)15-14-16-4/h11-12H,5-10H2,1-4H3. The van der Waals surface area contributed by atoms with Gasteiger partial charge in [0.1, 0.15) is 0 Å². The van der Waals surface area contributed by atoms with Gasteiger partial charge in [0.2, 0.25) is 0 Å². The van der Waals surface area contributed by atoms with Gasteiger partial charge in [-0.3, -0.25) is 0 Å². The van der Waals surface area contributed by atoms with E-state index < -0.39 is 5.72 Å². The zero-order valence-electron chi connectivity index (χ0n) is 12.1. The molecule has 1 rings (SSSR count). The fourth-order valence-electron chi connectivity index (χ4n) is 2.19. The van der Waals surface area contributed by atoms with Gasteiger partial charge < -0.3 is 0 Å². The Morgan fingerprint density at radius 1 is 1.50 bits per heavy atom. The molecule has 0 spiro atoms. The van der Waals surface area contributed by atoms with Gasteiger partial charge in [0.05, 0.1) is 0 Å². The summed E-state index contributed by atoms with van der Waals surface area (Å²) in [4.78, 5) is 4.20. The van der Waals surface area contributed by atoms with Crippen molar-refractivity contribution in [2.45, 2.75) is 45.8 Å². The normalized spacial score (nSPS) is 22.8. The Kier molecular flexibility index (Phi) is 6.86. The maximum absolute atomic E-state index is 5.82. The molecule has 0 aromatic rings. The molecule has 0 saturated carbocycles. The number of hydrogen-bond donors (Lipinski definition) is 0. The van der Waals surface area contributed by atoms with Gasteiger partial charge >= 0.3 is 111 Å². The molecule has 0 aromatic heterocycles. The second-order valence-corrected chi connectivity index (χ2v) is 5.65. The van der Waals surface area contributed by atoms with Crippen molar-refractivity contribution in [3.05, 3.63) is 0 Å². The van der Waals surface area contributed by atoms with Crippen LogP contribution in [-0.4, -0.2) is 39.9 Å².